The fourth-order valence-corrected chi connectivity index (χ4v) is 5.52. The van der Waals surface area contributed by atoms with Crippen LogP contribution < -0.4 is 5.32 Å². The molecule has 1 aromatic heterocycles. The first-order valence-electron chi connectivity index (χ1n) is 10.9. The second kappa shape index (κ2) is 7.26. The van der Waals surface area contributed by atoms with E-state index in [0.717, 1.165) is 43.2 Å². The van der Waals surface area contributed by atoms with E-state index in [4.69, 9.17) is 0 Å². The van der Waals surface area contributed by atoms with Crippen molar-refractivity contribution in [3.63, 3.8) is 0 Å². The molecule has 1 saturated heterocycles. The van der Waals surface area contributed by atoms with Gasteiger partial charge < -0.3 is 10.2 Å². The zero-order valence-electron chi connectivity index (χ0n) is 16.7. The maximum Gasteiger partial charge on any atom is 0.259 e. The molecule has 5 heteroatoms. The Balaban J connectivity index is 1.38. The Bertz CT molecular complexity index is 846. The predicted molar refractivity (Wildman–Crippen MR) is 110 cm³/mol. The minimum Gasteiger partial charge on any atom is -0.363 e. The van der Waals surface area contributed by atoms with Crippen LogP contribution in [0, 0.1) is 11.8 Å². The van der Waals surface area contributed by atoms with E-state index in [1.807, 2.05) is 10.7 Å². The number of benzene rings is 1. The highest BCUT2D eigenvalue weighted by atomic mass is 16.2. The number of hydrogen-bond donors (Lipinski definition) is 1. The van der Waals surface area contributed by atoms with Gasteiger partial charge in [-0.25, -0.2) is 4.68 Å². The molecule has 1 aromatic carbocycles. The summed E-state index contributed by atoms with van der Waals surface area (Å²) in [6.07, 6.45) is 9.25. The van der Waals surface area contributed by atoms with Crippen LogP contribution in [0.15, 0.2) is 36.5 Å². The van der Waals surface area contributed by atoms with Crippen LogP contribution in [-0.4, -0.2) is 33.7 Å². The highest BCUT2D eigenvalue weighted by molar-refractivity contribution is 5.99. The third-order valence-electron chi connectivity index (χ3n) is 7.11. The first kappa shape index (κ1) is 17.8. The van der Waals surface area contributed by atoms with Gasteiger partial charge in [0.1, 0.15) is 11.4 Å². The standard InChI is InChI=1S/C23H30N4O/c1-16-13-21(18-8-3-2-4-9-18)25-22-20(14-24-27(16)22)23(28)26-12-11-17-7-5-6-10-19(17)15-26/h2-4,8-9,14,16-17,19,21,25H,5-7,10-13,15H2,1H3. The second-order valence-corrected chi connectivity index (χ2v) is 8.89. The zero-order chi connectivity index (χ0) is 19.1. The molecule has 4 unspecified atom stereocenters. The molecule has 5 rings (SSSR count). The molecule has 1 saturated carbocycles. The van der Waals surface area contributed by atoms with Gasteiger partial charge in [0.25, 0.3) is 5.91 Å². The molecule has 0 bridgehead atoms. The van der Waals surface area contributed by atoms with Gasteiger partial charge in [-0.1, -0.05) is 49.6 Å². The van der Waals surface area contributed by atoms with Crippen molar-refractivity contribution in [3.05, 3.63) is 47.7 Å². The van der Waals surface area contributed by atoms with E-state index in [1.54, 1.807) is 6.20 Å². The van der Waals surface area contributed by atoms with Gasteiger partial charge >= 0.3 is 0 Å². The number of hydrogen-bond acceptors (Lipinski definition) is 3. The maximum atomic E-state index is 13.4. The number of aromatic nitrogens is 2. The number of likely N-dealkylation sites (tertiary alicyclic amines) is 1. The summed E-state index contributed by atoms with van der Waals surface area (Å²) >= 11 is 0. The molecule has 148 valence electrons. The molecule has 2 aliphatic heterocycles. The molecule has 2 aromatic rings. The summed E-state index contributed by atoms with van der Waals surface area (Å²) in [6.45, 7) is 4.00. The van der Waals surface area contributed by atoms with Crippen LogP contribution in [0.2, 0.25) is 0 Å². The van der Waals surface area contributed by atoms with Gasteiger partial charge in [0.2, 0.25) is 0 Å². The molecule has 1 aliphatic carbocycles. The molecule has 0 radical (unpaired) electrons. The molecule has 0 spiro atoms. The first-order valence-corrected chi connectivity index (χ1v) is 10.9. The number of carbonyl (C=O) groups excluding carboxylic acids is 1. The van der Waals surface area contributed by atoms with E-state index in [2.05, 4.69) is 46.5 Å². The third kappa shape index (κ3) is 3.11. The van der Waals surface area contributed by atoms with Crippen LogP contribution in [0.3, 0.4) is 0 Å². The quantitative estimate of drug-likeness (QED) is 0.827. The van der Waals surface area contributed by atoms with Gasteiger partial charge in [0, 0.05) is 13.1 Å². The number of nitrogens with one attached hydrogen (secondary N) is 1. The lowest BCUT2D eigenvalue weighted by Crippen LogP contribution is -2.45. The van der Waals surface area contributed by atoms with Crippen molar-refractivity contribution in [2.75, 3.05) is 18.4 Å². The minimum absolute atomic E-state index is 0.152. The van der Waals surface area contributed by atoms with Crippen molar-refractivity contribution in [3.8, 4) is 0 Å². The Hall–Kier alpha value is -2.30. The topological polar surface area (TPSA) is 50.2 Å². The highest BCUT2D eigenvalue weighted by Gasteiger charge is 2.36. The summed E-state index contributed by atoms with van der Waals surface area (Å²) < 4.78 is 2.00. The Morgan fingerprint density at radius 1 is 1.11 bits per heavy atom. The summed E-state index contributed by atoms with van der Waals surface area (Å²) in [6, 6.07) is 11.0. The Kier molecular flexibility index (Phi) is 4.61. The number of carbonyl (C=O) groups is 1. The van der Waals surface area contributed by atoms with Crippen LogP contribution in [0.25, 0.3) is 0 Å². The van der Waals surface area contributed by atoms with Crippen molar-refractivity contribution in [2.45, 2.75) is 57.5 Å². The molecule has 1 N–H and O–H groups in total. The Labute approximate surface area is 167 Å². The van der Waals surface area contributed by atoms with E-state index < -0.39 is 0 Å². The van der Waals surface area contributed by atoms with Crippen LogP contribution in [0.1, 0.15) is 73.5 Å². The number of piperidine rings is 1. The zero-order valence-corrected chi connectivity index (χ0v) is 16.7. The number of amides is 1. The van der Waals surface area contributed by atoms with Gasteiger partial charge in [0.15, 0.2) is 0 Å². The van der Waals surface area contributed by atoms with Gasteiger partial charge in [0.05, 0.1) is 18.3 Å². The first-order chi connectivity index (χ1) is 13.7. The van der Waals surface area contributed by atoms with Crippen LogP contribution in [0.5, 0.6) is 0 Å². The van der Waals surface area contributed by atoms with Gasteiger partial charge in [-0.2, -0.15) is 5.10 Å². The van der Waals surface area contributed by atoms with Gasteiger partial charge in [-0.05, 0) is 43.6 Å². The molecular weight excluding hydrogens is 348 g/mol. The normalized spacial score (nSPS) is 29.5. The van der Waals surface area contributed by atoms with E-state index in [-0.39, 0.29) is 18.0 Å². The highest BCUT2D eigenvalue weighted by Crippen LogP contribution is 2.39. The largest absolute Gasteiger partial charge is 0.363 e. The maximum absolute atomic E-state index is 13.4. The molecule has 2 fully saturated rings. The molecular formula is C23H30N4O. The second-order valence-electron chi connectivity index (χ2n) is 8.89. The van der Waals surface area contributed by atoms with E-state index in [9.17, 15) is 4.79 Å². The lowest BCUT2D eigenvalue weighted by molar-refractivity contribution is 0.0521. The third-order valence-corrected chi connectivity index (χ3v) is 7.11. The SMILES string of the molecule is CC1CC(c2ccccc2)Nc2c(C(=O)N3CCC4CCCCC4C3)cnn21. The van der Waals surface area contributed by atoms with E-state index >= 15 is 0 Å². The molecule has 3 heterocycles. The molecule has 28 heavy (non-hydrogen) atoms. The van der Waals surface area contributed by atoms with Crippen molar-refractivity contribution < 1.29 is 4.79 Å². The molecule has 4 atom stereocenters. The van der Waals surface area contributed by atoms with Crippen LogP contribution in [-0.2, 0) is 0 Å². The summed E-state index contributed by atoms with van der Waals surface area (Å²) in [5.41, 5.74) is 2.00. The fraction of sp³-hybridized carbons (Fsp3) is 0.565. The number of nitrogens with zero attached hydrogens (tertiary/aromatic N) is 3. The number of anilines is 1. The summed E-state index contributed by atoms with van der Waals surface area (Å²) in [5.74, 6) is 2.57. The smallest absolute Gasteiger partial charge is 0.259 e. The Morgan fingerprint density at radius 2 is 1.89 bits per heavy atom. The van der Waals surface area contributed by atoms with Crippen molar-refractivity contribution in [2.24, 2.45) is 11.8 Å². The lowest BCUT2D eigenvalue weighted by atomic mass is 9.75. The molecule has 3 aliphatic rings. The summed E-state index contributed by atoms with van der Waals surface area (Å²) in [4.78, 5) is 15.5. The summed E-state index contributed by atoms with van der Waals surface area (Å²) in [7, 11) is 0. The Morgan fingerprint density at radius 3 is 2.71 bits per heavy atom. The van der Waals surface area contributed by atoms with Gasteiger partial charge in [-0.15, -0.1) is 0 Å². The van der Waals surface area contributed by atoms with Crippen molar-refractivity contribution >= 4 is 11.7 Å². The predicted octanol–water partition coefficient (Wildman–Crippen LogP) is 4.65. The lowest BCUT2D eigenvalue weighted by Gasteiger charge is -2.41. The van der Waals surface area contributed by atoms with E-state index in [1.165, 1.54) is 31.2 Å². The van der Waals surface area contributed by atoms with E-state index in [0.29, 0.717) is 5.92 Å². The summed E-state index contributed by atoms with van der Waals surface area (Å²) in [5, 5.41) is 8.19. The average molecular weight is 379 g/mol. The number of fused-ring (bicyclic) bond motifs is 2. The van der Waals surface area contributed by atoms with Crippen LogP contribution >= 0.6 is 0 Å². The molecule has 1 amide bonds. The molecule has 5 nitrogen and oxygen atoms in total. The monoisotopic (exact) mass is 378 g/mol. The van der Waals surface area contributed by atoms with Crippen molar-refractivity contribution in [1.29, 1.82) is 0 Å². The minimum atomic E-state index is 0.152. The fourth-order valence-electron chi connectivity index (χ4n) is 5.52. The average Bonchev–Trinajstić information content (AvgIpc) is 3.18. The van der Waals surface area contributed by atoms with Gasteiger partial charge in [-0.3, -0.25) is 4.79 Å². The number of rotatable bonds is 2. The van der Waals surface area contributed by atoms with Crippen LogP contribution in [0.4, 0.5) is 5.82 Å². The van der Waals surface area contributed by atoms with Crippen molar-refractivity contribution in [1.82, 2.24) is 14.7 Å².